The second kappa shape index (κ2) is 8.30. The van der Waals surface area contributed by atoms with E-state index >= 15 is 8.78 Å². The second-order valence-corrected chi connectivity index (χ2v) is 11.5. The Morgan fingerprint density at radius 2 is 1.86 bits per heavy atom. The molecule has 0 spiro atoms. The summed E-state index contributed by atoms with van der Waals surface area (Å²) in [6.07, 6.45) is -1.11. The monoisotopic (exact) mass is 558 g/mol. The Labute approximate surface area is 210 Å². The van der Waals surface area contributed by atoms with E-state index < -0.39 is 76.3 Å². The standard InChI is InChI=1S/C25H29BrF2O7/c1-12(29)34-11-21(33)24(35-13(2)30)6-5-14-15-7-18(27)16-8-19(31)17(26)9-23(16,4)25(15,28)20(32)10-22(14,24)3/h8-9,14-15,18,20,32H,5-7,10-11H2,1-4H3. The maximum absolute atomic E-state index is 17.3. The summed E-state index contributed by atoms with van der Waals surface area (Å²) in [7, 11) is 0. The molecule has 10 heteroatoms. The van der Waals surface area contributed by atoms with Gasteiger partial charge in [0.1, 0.15) is 6.17 Å². The molecule has 0 aromatic rings. The molecule has 35 heavy (non-hydrogen) atoms. The first kappa shape index (κ1) is 26.1. The summed E-state index contributed by atoms with van der Waals surface area (Å²) in [5, 5.41) is 11.4. The molecule has 0 heterocycles. The third-order valence-electron chi connectivity index (χ3n) is 8.98. The van der Waals surface area contributed by atoms with Crippen molar-refractivity contribution in [3.8, 4) is 0 Å². The van der Waals surface area contributed by atoms with E-state index in [0.29, 0.717) is 0 Å². The number of fused-ring (bicyclic) bond motifs is 5. The lowest BCUT2D eigenvalue weighted by Gasteiger charge is -2.63. The number of halogens is 3. The Balaban J connectivity index is 1.82. The fraction of sp³-hybridized carbons (Fsp3) is 0.680. The van der Waals surface area contributed by atoms with Crippen LogP contribution in [-0.4, -0.2) is 58.8 Å². The van der Waals surface area contributed by atoms with Crippen molar-refractivity contribution >= 4 is 39.4 Å². The molecule has 0 aromatic heterocycles. The number of rotatable bonds is 4. The third-order valence-corrected chi connectivity index (χ3v) is 9.60. The number of esters is 2. The molecule has 0 radical (unpaired) electrons. The minimum absolute atomic E-state index is 0.0118. The fourth-order valence-electron chi connectivity index (χ4n) is 7.46. The van der Waals surface area contributed by atoms with E-state index in [0.717, 1.165) is 19.9 Å². The van der Waals surface area contributed by atoms with Crippen LogP contribution in [0.25, 0.3) is 0 Å². The summed E-state index contributed by atoms with van der Waals surface area (Å²) in [4.78, 5) is 49.1. The molecule has 3 fully saturated rings. The number of Topliss-reactive ketones (excluding diaryl/α,β-unsaturated/α-hetero) is 1. The van der Waals surface area contributed by atoms with Gasteiger partial charge in [0.15, 0.2) is 23.7 Å². The molecule has 0 saturated heterocycles. The van der Waals surface area contributed by atoms with Crippen LogP contribution in [-0.2, 0) is 28.7 Å². The highest BCUT2D eigenvalue weighted by atomic mass is 79.9. The van der Waals surface area contributed by atoms with E-state index in [1.54, 1.807) is 6.92 Å². The molecule has 8 atom stereocenters. The minimum Gasteiger partial charge on any atom is -0.458 e. The van der Waals surface area contributed by atoms with Gasteiger partial charge in [-0.2, -0.15) is 0 Å². The number of ether oxygens (including phenoxy) is 2. The molecule has 4 aliphatic rings. The van der Waals surface area contributed by atoms with Gasteiger partial charge in [-0.3, -0.25) is 19.2 Å². The van der Waals surface area contributed by atoms with Gasteiger partial charge in [0.2, 0.25) is 5.78 Å². The number of hydrogen-bond acceptors (Lipinski definition) is 7. The average molecular weight is 559 g/mol. The van der Waals surface area contributed by atoms with Crippen molar-refractivity contribution in [1.82, 2.24) is 0 Å². The first-order chi connectivity index (χ1) is 16.1. The molecular weight excluding hydrogens is 530 g/mol. The highest BCUT2D eigenvalue weighted by molar-refractivity contribution is 9.12. The molecule has 0 bridgehead atoms. The predicted octanol–water partition coefficient (Wildman–Crippen LogP) is 3.46. The molecule has 1 N–H and O–H groups in total. The lowest BCUT2D eigenvalue weighted by molar-refractivity contribution is -0.228. The molecule has 4 rings (SSSR count). The Hall–Kier alpha value is -1.94. The molecule has 7 nitrogen and oxygen atoms in total. The van der Waals surface area contributed by atoms with Gasteiger partial charge in [0.05, 0.1) is 10.6 Å². The lowest BCUT2D eigenvalue weighted by atomic mass is 9.44. The van der Waals surface area contributed by atoms with Crippen molar-refractivity contribution in [2.24, 2.45) is 22.7 Å². The minimum atomic E-state index is -2.34. The van der Waals surface area contributed by atoms with Crippen molar-refractivity contribution in [3.63, 3.8) is 0 Å². The van der Waals surface area contributed by atoms with Crippen molar-refractivity contribution in [3.05, 3.63) is 22.2 Å². The van der Waals surface area contributed by atoms with Crippen molar-refractivity contribution in [1.29, 1.82) is 0 Å². The third kappa shape index (κ3) is 3.42. The Bertz CT molecular complexity index is 1070. The number of carbonyl (C=O) groups is 4. The first-order valence-electron chi connectivity index (χ1n) is 11.7. The zero-order chi connectivity index (χ0) is 26.1. The van der Waals surface area contributed by atoms with E-state index in [9.17, 15) is 24.3 Å². The normalized spacial score (nSPS) is 44.3. The number of allylic oxidation sites excluding steroid dienone is 4. The Kier molecular flexibility index (Phi) is 6.19. The number of aliphatic hydroxyl groups is 1. The van der Waals surface area contributed by atoms with Crippen LogP contribution in [0.1, 0.15) is 53.4 Å². The van der Waals surface area contributed by atoms with E-state index in [4.69, 9.17) is 9.47 Å². The zero-order valence-electron chi connectivity index (χ0n) is 20.0. The highest BCUT2D eigenvalue weighted by Crippen LogP contribution is 2.70. The summed E-state index contributed by atoms with van der Waals surface area (Å²) in [6, 6.07) is 0. The fourth-order valence-corrected chi connectivity index (χ4v) is 8.03. The highest BCUT2D eigenvalue weighted by Gasteiger charge is 2.76. The molecule has 0 amide bonds. The van der Waals surface area contributed by atoms with Crippen LogP contribution in [0.3, 0.4) is 0 Å². The maximum atomic E-state index is 17.3. The van der Waals surface area contributed by atoms with Crippen LogP contribution < -0.4 is 0 Å². The number of hydrogen-bond donors (Lipinski definition) is 1. The molecule has 0 aliphatic heterocycles. The number of ketones is 2. The predicted molar refractivity (Wildman–Crippen MR) is 123 cm³/mol. The molecular formula is C25H29BrF2O7. The van der Waals surface area contributed by atoms with Gasteiger partial charge in [0, 0.05) is 30.6 Å². The van der Waals surface area contributed by atoms with Gasteiger partial charge >= 0.3 is 11.9 Å². The zero-order valence-corrected chi connectivity index (χ0v) is 21.6. The van der Waals surface area contributed by atoms with Crippen LogP contribution in [0.4, 0.5) is 8.78 Å². The van der Waals surface area contributed by atoms with Gasteiger partial charge in [-0.15, -0.1) is 0 Å². The van der Waals surface area contributed by atoms with Gasteiger partial charge < -0.3 is 14.6 Å². The maximum Gasteiger partial charge on any atom is 0.303 e. The van der Waals surface area contributed by atoms with Crippen LogP contribution >= 0.6 is 15.9 Å². The summed E-state index contributed by atoms with van der Waals surface area (Å²) in [5.74, 6) is -4.21. The average Bonchev–Trinajstić information content (AvgIpc) is 3.03. The van der Waals surface area contributed by atoms with Gasteiger partial charge in [-0.05, 0) is 66.1 Å². The first-order valence-corrected chi connectivity index (χ1v) is 12.5. The van der Waals surface area contributed by atoms with Crippen molar-refractivity contribution in [2.45, 2.75) is 76.9 Å². The van der Waals surface area contributed by atoms with Crippen LogP contribution in [0.2, 0.25) is 0 Å². The molecule has 3 saturated carbocycles. The summed E-state index contributed by atoms with van der Waals surface area (Å²) >= 11 is 3.14. The van der Waals surface area contributed by atoms with E-state index in [1.807, 2.05) is 0 Å². The molecule has 4 aliphatic carbocycles. The van der Waals surface area contributed by atoms with Crippen LogP contribution in [0.5, 0.6) is 0 Å². The lowest BCUT2D eigenvalue weighted by Crippen LogP contribution is -2.70. The van der Waals surface area contributed by atoms with E-state index in [1.165, 1.54) is 13.0 Å². The van der Waals surface area contributed by atoms with Crippen molar-refractivity contribution in [2.75, 3.05) is 6.61 Å². The number of alkyl halides is 2. The van der Waals surface area contributed by atoms with E-state index in [-0.39, 0.29) is 35.7 Å². The summed E-state index contributed by atoms with van der Waals surface area (Å²) < 4.78 is 43.5. The van der Waals surface area contributed by atoms with Gasteiger partial charge in [-0.1, -0.05) is 13.0 Å². The molecule has 192 valence electrons. The molecule has 8 unspecified atom stereocenters. The number of carbonyl (C=O) groups excluding carboxylic acids is 4. The summed E-state index contributed by atoms with van der Waals surface area (Å²) in [6.45, 7) is 4.79. The summed E-state index contributed by atoms with van der Waals surface area (Å²) in [5.41, 5.74) is -6.95. The Morgan fingerprint density at radius 3 is 2.46 bits per heavy atom. The second-order valence-electron chi connectivity index (χ2n) is 10.6. The van der Waals surface area contributed by atoms with Crippen molar-refractivity contribution < 1.29 is 42.5 Å². The molecule has 0 aromatic carbocycles. The van der Waals surface area contributed by atoms with E-state index in [2.05, 4.69) is 15.9 Å². The topological polar surface area (TPSA) is 107 Å². The van der Waals surface area contributed by atoms with Gasteiger partial charge in [-0.25, -0.2) is 8.78 Å². The van der Waals surface area contributed by atoms with Crippen LogP contribution in [0, 0.1) is 22.7 Å². The SMILES string of the molecule is CC(=O)OCC(=O)C1(OC(C)=O)CCC2C3CC(F)C4=CC(=O)C(Br)=CC4(C)C3(F)C(O)CC21C. The van der Waals surface area contributed by atoms with Crippen LogP contribution in [0.15, 0.2) is 22.2 Å². The number of aliphatic hydroxyl groups excluding tert-OH is 1. The largest absolute Gasteiger partial charge is 0.458 e. The Morgan fingerprint density at radius 1 is 1.20 bits per heavy atom. The smallest absolute Gasteiger partial charge is 0.303 e. The van der Waals surface area contributed by atoms with Gasteiger partial charge in [0.25, 0.3) is 0 Å². The quantitative estimate of drug-likeness (QED) is 0.526.